The number of hydrogen-bond donors (Lipinski definition) is 1. The topological polar surface area (TPSA) is 20.2 Å². The molecule has 0 fully saturated rings. The van der Waals surface area contributed by atoms with Crippen LogP contribution in [0.25, 0.3) is 0 Å². The maximum Gasteiger partial charge on any atom is 0.0528 e. The van der Waals surface area contributed by atoms with E-state index in [0.717, 1.165) is 6.42 Å². The molecule has 88 valence electrons. The minimum absolute atomic E-state index is 0.159. The molecule has 17 heavy (non-hydrogen) atoms. The Labute approximate surface area is 103 Å². The highest BCUT2D eigenvalue weighted by atomic mass is 16.3. The van der Waals surface area contributed by atoms with Crippen molar-refractivity contribution in [3.8, 4) is 0 Å². The van der Waals surface area contributed by atoms with Crippen molar-refractivity contribution in [2.24, 2.45) is 0 Å². The van der Waals surface area contributed by atoms with Gasteiger partial charge in [-0.25, -0.2) is 0 Å². The quantitative estimate of drug-likeness (QED) is 0.849. The first-order valence-electron chi connectivity index (χ1n) is 5.95. The molecule has 0 saturated heterocycles. The fraction of sp³-hybridized carbons (Fsp3) is 0.250. The van der Waals surface area contributed by atoms with Gasteiger partial charge >= 0.3 is 0 Å². The molecule has 0 saturated carbocycles. The van der Waals surface area contributed by atoms with Crippen LogP contribution in [0.3, 0.4) is 0 Å². The Bertz CT molecular complexity index is 449. The van der Waals surface area contributed by atoms with E-state index in [1.165, 1.54) is 11.1 Å². The van der Waals surface area contributed by atoms with Crippen LogP contribution in [0.15, 0.2) is 60.7 Å². The van der Waals surface area contributed by atoms with E-state index < -0.39 is 0 Å². The van der Waals surface area contributed by atoms with E-state index in [9.17, 15) is 5.11 Å². The maximum atomic E-state index is 9.70. The number of benzene rings is 2. The molecule has 0 aromatic heterocycles. The number of aliphatic hydroxyl groups excluding tert-OH is 1. The summed E-state index contributed by atoms with van der Waals surface area (Å²) in [5.41, 5.74) is 2.24. The predicted molar refractivity (Wildman–Crippen MR) is 71.0 cm³/mol. The largest absolute Gasteiger partial charge is 0.395 e. The lowest BCUT2D eigenvalue weighted by atomic mass is 9.78. The van der Waals surface area contributed by atoms with Crippen molar-refractivity contribution in [3.63, 3.8) is 0 Å². The van der Waals surface area contributed by atoms with E-state index in [4.69, 9.17) is 0 Å². The second-order valence-electron chi connectivity index (χ2n) is 4.75. The molecule has 0 aliphatic heterocycles. The van der Waals surface area contributed by atoms with Crippen molar-refractivity contribution in [2.45, 2.75) is 18.8 Å². The van der Waals surface area contributed by atoms with Gasteiger partial charge < -0.3 is 5.11 Å². The molecule has 2 aromatic rings. The fourth-order valence-corrected chi connectivity index (χ4v) is 2.14. The third-order valence-corrected chi connectivity index (χ3v) is 3.26. The van der Waals surface area contributed by atoms with E-state index in [1.54, 1.807) is 0 Å². The van der Waals surface area contributed by atoms with Gasteiger partial charge in [0, 0.05) is 5.41 Å². The Hall–Kier alpha value is -1.60. The van der Waals surface area contributed by atoms with Gasteiger partial charge in [0.2, 0.25) is 0 Å². The highest BCUT2D eigenvalue weighted by Crippen LogP contribution is 2.27. The lowest BCUT2D eigenvalue weighted by Gasteiger charge is -2.28. The van der Waals surface area contributed by atoms with Crippen LogP contribution in [0.4, 0.5) is 0 Å². The van der Waals surface area contributed by atoms with Crippen molar-refractivity contribution < 1.29 is 5.11 Å². The summed E-state index contributed by atoms with van der Waals surface area (Å²) < 4.78 is 0. The average molecular weight is 226 g/mol. The third kappa shape index (κ3) is 2.75. The van der Waals surface area contributed by atoms with Gasteiger partial charge in [-0.3, -0.25) is 0 Å². The summed E-state index contributed by atoms with van der Waals surface area (Å²) in [6.07, 6.45) is 0.856. The summed E-state index contributed by atoms with van der Waals surface area (Å²) >= 11 is 0. The Balaban J connectivity index is 2.27. The first-order valence-corrected chi connectivity index (χ1v) is 5.95. The van der Waals surface area contributed by atoms with Crippen LogP contribution >= 0.6 is 0 Å². The van der Waals surface area contributed by atoms with Gasteiger partial charge in [-0.2, -0.15) is 0 Å². The molecule has 0 aliphatic carbocycles. The second kappa shape index (κ2) is 5.15. The van der Waals surface area contributed by atoms with Gasteiger partial charge in [0.05, 0.1) is 6.61 Å². The zero-order valence-corrected chi connectivity index (χ0v) is 10.1. The molecule has 1 heteroatoms. The van der Waals surface area contributed by atoms with E-state index >= 15 is 0 Å². The zero-order chi connectivity index (χ0) is 12.1. The monoisotopic (exact) mass is 226 g/mol. The summed E-state index contributed by atoms with van der Waals surface area (Å²) in [5, 5.41) is 9.70. The lowest BCUT2D eigenvalue weighted by Crippen LogP contribution is -2.29. The SMILES string of the molecule is C[C@](CO)(Cc1ccccc1)c1ccccc1. The van der Waals surface area contributed by atoms with Crippen molar-refractivity contribution >= 4 is 0 Å². The summed E-state index contributed by atoms with van der Waals surface area (Å²) in [5.74, 6) is 0. The van der Waals surface area contributed by atoms with Crippen molar-refractivity contribution in [1.29, 1.82) is 0 Å². The van der Waals surface area contributed by atoms with Gasteiger partial charge in [-0.1, -0.05) is 67.6 Å². The molecule has 0 amide bonds. The first-order chi connectivity index (χ1) is 8.24. The van der Waals surface area contributed by atoms with Crippen LogP contribution in [0.2, 0.25) is 0 Å². The molecule has 0 unspecified atom stereocenters. The first kappa shape index (κ1) is 11.9. The van der Waals surface area contributed by atoms with Gasteiger partial charge in [-0.15, -0.1) is 0 Å². The standard InChI is InChI=1S/C16H18O/c1-16(13-17,15-10-6-3-7-11-15)12-14-8-4-2-5-9-14/h2-11,17H,12-13H2,1H3/t16-/m1/s1. The Morgan fingerprint density at radius 2 is 1.41 bits per heavy atom. The molecule has 2 rings (SSSR count). The normalized spacial score (nSPS) is 14.2. The number of rotatable bonds is 4. The Morgan fingerprint density at radius 3 is 1.94 bits per heavy atom. The van der Waals surface area contributed by atoms with Crippen LogP contribution in [0.1, 0.15) is 18.1 Å². The summed E-state index contributed by atoms with van der Waals surface area (Å²) in [6, 6.07) is 20.5. The molecule has 0 bridgehead atoms. The van der Waals surface area contributed by atoms with E-state index in [1.807, 2.05) is 36.4 Å². The van der Waals surface area contributed by atoms with Gasteiger partial charge in [0.1, 0.15) is 0 Å². The Kier molecular flexibility index (Phi) is 3.60. The molecule has 0 heterocycles. The molecular formula is C16H18O. The number of aliphatic hydroxyl groups is 1. The number of hydrogen-bond acceptors (Lipinski definition) is 1. The molecule has 0 aliphatic rings. The van der Waals surface area contributed by atoms with Crippen LogP contribution in [0, 0.1) is 0 Å². The molecular weight excluding hydrogens is 208 g/mol. The molecule has 1 atom stereocenters. The van der Waals surface area contributed by atoms with Crippen LogP contribution < -0.4 is 0 Å². The average Bonchev–Trinajstić information content (AvgIpc) is 2.41. The summed E-state index contributed by atoms with van der Waals surface area (Å²) in [6.45, 7) is 2.27. The van der Waals surface area contributed by atoms with Crippen LogP contribution in [-0.2, 0) is 11.8 Å². The van der Waals surface area contributed by atoms with Gasteiger partial charge in [0.25, 0.3) is 0 Å². The van der Waals surface area contributed by atoms with Crippen molar-refractivity contribution in [1.82, 2.24) is 0 Å². The zero-order valence-electron chi connectivity index (χ0n) is 10.1. The van der Waals surface area contributed by atoms with Crippen molar-refractivity contribution in [2.75, 3.05) is 6.61 Å². The molecule has 0 radical (unpaired) electrons. The maximum absolute atomic E-state index is 9.70. The van der Waals surface area contributed by atoms with Gasteiger partial charge in [0.15, 0.2) is 0 Å². The van der Waals surface area contributed by atoms with Crippen molar-refractivity contribution in [3.05, 3.63) is 71.8 Å². The summed E-state index contributed by atoms with van der Waals surface area (Å²) in [4.78, 5) is 0. The molecule has 1 N–H and O–H groups in total. The Morgan fingerprint density at radius 1 is 0.882 bits per heavy atom. The highest BCUT2D eigenvalue weighted by molar-refractivity contribution is 5.28. The molecule has 0 spiro atoms. The second-order valence-corrected chi connectivity index (χ2v) is 4.75. The minimum atomic E-state index is -0.206. The van der Waals surface area contributed by atoms with Crippen LogP contribution in [-0.4, -0.2) is 11.7 Å². The third-order valence-electron chi connectivity index (χ3n) is 3.26. The van der Waals surface area contributed by atoms with E-state index in [-0.39, 0.29) is 12.0 Å². The van der Waals surface area contributed by atoms with Crippen LogP contribution in [0.5, 0.6) is 0 Å². The molecule has 1 nitrogen and oxygen atoms in total. The smallest absolute Gasteiger partial charge is 0.0528 e. The lowest BCUT2D eigenvalue weighted by molar-refractivity contribution is 0.204. The van der Waals surface area contributed by atoms with E-state index in [2.05, 4.69) is 31.2 Å². The van der Waals surface area contributed by atoms with Gasteiger partial charge in [-0.05, 0) is 17.5 Å². The minimum Gasteiger partial charge on any atom is -0.395 e. The fourth-order valence-electron chi connectivity index (χ4n) is 2.14. The summed E-state index contributed by atoms with van der Waals surface area (Å²) in [7, 11) is 0. The highest BCUT2D eigenvalue weighted by Gasteiger charge is 2.25. The van der Waals surface area contributed by atoms with E-state index in [0.29, 0.717) is 0 Å². The molecule has 2 aromatic carbocycles. The predicted octanol–water partition coefficient (Wildman–Crippen LogP) is 3.18.